The van der Waals surface area contributed by atoms with Gasteiger partial charge in [0.1, 0.15) is 6.04 Å². The van der Waals surface area contributed by atoms with Gasteiger partial charge in [0.25, 0.3) is 0 Å². The smallest absolute Gasteiger partial charge is 0.326 e. The number of carboxylic acid groups (broad SMARTS) is 1. The molecular formula is C13H22N2O3S. The second kappa shape index (κ2) is 6.50. The van der Waals surface area contributed by atoms with E-state index >= 15 is 0 Å². The minimum Gasteiger partial charge on any atom is -0.480 e. The molecule has 2 fully saturated rings. The molecule has 2 unspecified atom stereocenters. The van der Waals surface area contributed by atoms with Crippen LogP contribution in [0.1, 0.15) is 26.2 Å². The fourth-order valence-corrected chi connectivity index (χ4v) is 3.71. The molecule has 0 spiro atoms. The highest BCUT2D eigenvalue weighted by Gasteiger charge is 2.37. The summed E-state index contributed by atoms with van der Waals surface area (Å²) in [5, 5.41) is 9.35. The standard InChI is InChI=1S/C13H22N2O3S/c1-2-10-3-4-15(11(9-10)12(16)17)13(18)14-5-7-19-8-6-14/h10-11H,2-9H2,1H3,(H,16,17). The number of piperidine rings is 1. The molecule has 0 saturated carbocycles. The number of carboxylic acids is 1. The number of carbonyl (C=O) groups excluding carboxylic acids is 1. The van der Waals surface area contributed by atoms with Gasteiger partial charge >= 0.3 is 12.0 Å². The molecule has 108 valence electrons. The van der Waals surface area contributed by atoms with E-state index in [0.29, 0.717) is 18.9 Å². The molecule has 2 atom stereocenters. The van der Waals surface area contributed by atoms with Crippen molar-refractivity contribution >= 4 is 23.8 Å². The third kappa shape index (κ3) is 3.35. The van der Waals surface area contributed by atoms with Gasteiger partial charge in [0, 0.05) is 31.1 Å². The van der Waals surface area contributed by atoms with E-state index in [0.717, 1.165) is 37.4 Å². The van der Waals surface area contributed by atoms with E-state index < -0.39 is 12.0 Å². The average Bonchev–Trinajstić information content (AvgIpc) is 2.46. The topological polar surface area (TPSA) is 60.9 Å². The summed E-state index contributed by atoms with van der Waals surface area (Å²) in [5.74, 6) is 1.48. The number of aliphatic carboxylic acids is 1. The van der Waals surface area contributed by atoms with Crippen LogP contribution < -0.4 is 0 Å². The average molecular weight is 286 g/mol. The number of likely N-dealkylation sites (tertiary alicyclic amines) is 1. The molecule has 6 heteroatoms. The molecule has 2 aliphatic rings. The van der Waals surface area contributed by atoms with Gasteiger partial charge in [-0.1, -0.05) is 13.3 Å². The van der Waals surface area contributed by atoms with Gasteiger partial charge in [-0.25, -0.2) is 9.59 Å². The Morgan fingerprint density at radius 2 is 1.95 bits per heavy atom. The van der Waals surface area contributed by atoms with Gasteiger partial charge in [0.05, 0.1) is 0 Å². The van der Waals surface area contributed by atoms with Crippen molar-refractivity contribution in [2.75, 3.05) is 31.1 Å². The lowest BCUT2D eigenvalue weighted by Crippen LogP contribution is -2.55. The highest BCUT2D eigenvalue weighted by Crippen LogP contribution is 2.27. The lowest BCUT2D eigenvalue weighted by Gasteiger charge is -2.40. The molecule has 2 aliphatic heterocycles. The SMILES string of the molecule is CCC1CCN(C(=O)N2CCSCC2)C(C(=O)O)C1. The van der Waals surface area contributed by atoms with Crippen LogP contribution in [0, 0.1) is 5.92 Å². The molecule has 0 aromatic heterocycles. The van der Waals surface area contributed by atoms with E-state index in [1.807, 2.05) is 11.8 Å². The quantitative estimate of drug-likeness (QED) is 0.840. The first-order chi connectivity index (χ1) is 9.13. The van der Waals surface area contributed by atoms with Crippen LogP contribution in [0.3, 0.4) is 0 Å². The zero-order valence-electron chi connectivity index (χ0n) is 11.4. The molecule has 2 rings (SSSR count). The second-order valence-corrected chi connectivity index (χ2v) is 6.45. The van der Waals surface area contributed by atoms with Crippen LogP contribution in [0.15, 0.2) is 0 Å². The lowest BCUT2D eigenvalue weighted by atomic mass is 9.89. The van der Waals surface area contributed by atoms with Crippen LogP contribution in [-0.2, 0) is 4.79 Å². The van der Waals surface area contributed by atoms with Crippen molar-refractivity contribution < 1.29 is 14.7 Å². The zero-order chi connectivity index (χ0) is 13.8. The van der Waals surface area contributed by atoms with E-state index in [4.69, 9.17) is 0 Å². The maximum absolute atomic E-state index is 12.4. The predicted octanol–water partition coefficient (Wildman–Crippen LogP) is 1.73. The van der Waals surface area contributed by atoms with E-state index in [1.54, 1.807) is 9.80 Å². The van der Waals surface area contributed by atoms with E-state index in [9.17, 15) is 14.7 Å². The lowest BCUT2D eigenvalue weighted by molar-refractivity contribution is -0.144. The highest BCUT2D eigenvalue weighted by atomic mass is 32.2. The summed E-state index contributed by atoms with van der Waals surface area (Å²) < 4.78 is 0. The zero-order valence-corrected chi connectivity index (χ0v) is 12.2. The van der Waals surface area contributed by atoms with Crippen LogP contribution in [0.2, 0.25) is 0 Å². The molecule has 2 amide bonds. The fourth-order valence-electron chi connectivity index (χ4n) is 2.81. The van der Waals surface area contributed by atoms with Crippen molar-refractivity contribution in [2.24, 2.45) is 5.92 Å². The molecule has 2 heterocycles. The Balaban J connectivity index is 2.03. The van der Waals surface area contributed by atoms with E-state index in [1.165, 1.54) is 0 Å². The van der Waals surface area contributed by atoms with Gasteiger partial charge in [0.2, 0.25) is 0 Å². The van der Waals surface area contributed by atoms with Crippen LogP contribution in [0.25, 0.3) is 0 Å². The number of thioether (sulfide) groups is 1. The molecular weight excluding hydrogens is 264 g/mol. The molecule has 2 saturated heterocycles. The van der Waals surface area contributed by atoms with Crippen LogP contribution in [0.4, 0.5) is 4.79 Å². The van der Waals surface area contributed by atoms with Gasteiger partial charge in [0.15, 0.2) is 0 Å². The van der Waals surface area contributed by atoms with Crippen molar-refractivity contribution in [1.29, 1.82) is 0 Å². The van der Waals surface area contributed by atoms with Gasteiger partial charge in [-0.2, -0.15) is 11.8 Å². The monoisotopic (exact) mass is 286 g/mol. The summed E-state index contributed by atoms with van der Waals surface area (Å²) in [6, 6.07) is -0.719. The largest absolute Gasteiger partial charge is 0.480 e. The molecule has 0 radical (unpaired) electrons. The summed E-state index contributed by atoms with van der Waals surface area (Å²) >= 11 is 1.85. The minimum atomic E-state index is -0.863. The number of hydrogen-bond acceptors (Lipinski definition) is 3. The fraction of sp³-hybridized carbons (Fsp3) is 0.846. The second-order valence-electron chi connectivity index (χ2n) is 5.23. The van der Waals surface area contributed by atoms with Crippen molar-refractivity contribution in [2.45, 2.75) is 32.2 Å². The molecule has 0 bridgehead atoms. The number of nitrogens with zero attached hydrogens (tertiary/aromatic N) is 2. The summed E-state index contributed by atoms with van der Waals surface area (Å²) in [5.41, 5.74) is 0. The van der Waals surface area contributed by atoms with Crippen molar-refractivity contribution in [3.63, 3.8) is 0 Å². The van der Waals surface area contributed by atoms with E-state index in [2.05, 4.69) is 6.92 Å². The first-order valence-corrected chi connectivity index (χ1v) is 8.15. The Bertz CT molecular complexity index is 345. The maximum Gasteiger partial charge on any atom is 0.326 e. The van der Waals surface area contributed by atoms with Gasteiger partial charge in [-0.05, 0) is 18.8 Å². The number of carbonyl (C=O) groups is 2. The summed E-state index contributed by atoms with van der Waals surface area (Å²) in [4.78, 5) is 27.2. The van der Waals surface area contributed by atoms with Crippen LogP contribution >= 0.6 is 11.8 Å². The normalized spacial score (nSPS) is 28.3. The predicted molar refractivity (Wildman–Crippen MR) is 75.4 cm³/mol. The van der Waals surface area contributed by atoms with Gasteiger partial charge in [-0.15, -0.1) is 0 Å². The van der Waals surface area contributed by atoms with Crippen molar-refractivity contribution in [3.8, 4) is 0 Å². The van der Waals surface area contributed by atoms with Crippen LogP contribution in [-0.4, -0.2) is 64.1 Å². The molecule has 0 aromatic carbocycles. The van der Waals surface area contributed by atoms with Gasteiger partial charge in [-0.3, -0.25) is 0 Å². The molecule has 5 nitrogen and oxygen atoms in total. The third-order valence-corrected chi connectivity index (χ3v) is 5.04. The number of hydrogen-bond donors (Lipinski definition) is 1. The Hall–Kier alpha value is -0.910. The minimum absolute atomic E-state index is 0.0812. The maximum atomic E-state index is 12.4. The number of urea groups is 1. The summed E-state index contributed by atoms with van der Waals surface area (Å²) in [6.07, 6.45) is 2.51. The van der Waals surface area contributed by atoms with Crippen LogP contribution in [0.5, 0.6) is 0 Å². The first-order valence-electron chi connectivity index (χ1n) is 6.99. The molecule has 0 aromatic rings. The Morgan fingerprint density at radius 3 is 2.53 bits per heavy atom. The number of rotatable bonds is 2. The first kappa shape index (κ1) is 14.5. The van der Waals surface area contributed by atoms with Gasteiger partial charge < -0.3 is 14.9 Å². The Morgan fingerprint density at radius 1 is 1.26 bits per heavy atom. The van der Waals surface area contributed by atoms with Crippen molar-refractivity contribution in [1.82, 2.24) is 9.80 Å². The van der Waals surface area contributed by atoms with Crippen molar-refractivity contribution in [3.05, 3.63) is 0 Å². The van der Waals surface area contributed by atoms with E-state index in [-0.39, 0.29) is 6.03 Å². The third-order valence-electron chi connectivity index (χ3n) is 4.10. The molecule has 1 N–H and O–H groups in total. The Labute approximate surface area is 118 Å². The molecule has 19 heavy (non-hydrogen) atoms. The highest BCUT2D eigenvalue weighted by molar-refractivity contribution is 7.99. The Kier molecular flexibility index (Phi) is 4.96. The molecule has 0 aliphatic carbocycles. The summed E-state index contributed by atoms with van der Waals surface area (Å²) in [7, 11) is 0. The summed E-state index contributed by atoms with van der Waals surface area (Å²) in [6.45, 7) is 4.15. The number of amides is 2.